The van der Waals surface area contributed by atoms with Gasteiger partial charge in [0.05, 0.1) is 43.4 Å². The number of nitrogens with zero attached hydrogens (tertiary/aromatic N) is 4. The summed E-state index contributed by atoms with van der Waals surface area (Å²) >= 11 is 6.23. The molecule has 11 nitrogen and oxygen atoms in total. The molecular formula is C25H31ClN6O5. The fraction of sp³-hybridized carbons (Fsp3) is 0.440. The number of ether oxygens (including phenoxy) is 3. The van der Waals surface area contributed by atoms with Crippen LogP contribution in [0.5, 0.6) is 5.75 Å². The van der Waals surface area contributed by atoms with Crippen molar-refractivity contribution in [3.8, 4) is 5.75 Å². The number of fused-ring (bicyclic) bond motifs is 1. The molecule has 2 heterocycles. The van der Waals surface area contributed by atoms with Gasteiger partial charge >= 0.3 is 6.09 Å². The molecule has 1 fully saturated rings. The maximum atomic E-state index is 13.2. The molecule has 1 saturated carbocycles. The van der Waals surface area contributed by atoms with E-state index in [9.17, 15) is 9.59 Å². The molecule has 12 heteroatoms. The number of carbonyl (C=O) groups is 2. The van der Waals surface area contributed by atoms with E-state index in [1.165, 1.54) is 21.7 Å². The van der Waals surface area contributed by atoms with Crippen LogP contribution in [0.25, 0.3) is 5.65 Å². The largest absolute Gasteiger partial charge is 0.495 e. The van der Waals surface area contributed by atoms with Crippen LogP contribution in [0.4, 0.5) is 16.2 Å². The number of amides is 2. The molecule has 2 amide bonds. The third-order valence-electron chi connectivity index (χ3n) is 5.85. The number of halogens is 1. The molecule has 1 aliphatic carbocycles. The van der Waals surface area contributed by atoms with Crippen molar-refractivity contribution in [2.75, 3.05) is 31.4 Å². The van der Waals surface area contributed by atoms with Gasteiger partial charge in [0.2, 0.25) is 0 Å². The molecule has 0 atom stereocenters. The number of rotatable bonds is 8. The maximum Gasteiger partial charge on any atom is 0.414 e. The van der Waals surface area contributed by atoms with E-state index in [0.717, 1.165) is 18.4 Å². The van der Waals surface area contributed by atoms with Gasteiger partial charge in [0, 0.05) is 13.1 Å². The summed E-state index contributed by atoms with van der Waals surface area (Å²) in [5.74, 6) is 0.236. The normalized spacial score (nSPS) is 14.3. The molecule has 0 unspecified atom stereocenters. The first-order valence-electron chi connectivity index (χ1n) is 11.7. The molecule has 4 rings (SSSR count). The first-order valence-corrected chi connectivity index (χ1v) is 12.1. The first-order chi connectivity index (χ1) is 17.4. The van der Waals surface area contributed by atoms with E-state index < -0.39 is 17.2 Å². The number of carbonyl (C=O) groups excluding carboxylic acids is 2. The van der Waals surface area contributed by atoms with E-state index in [1.54, 1.807) is 47.1 Å². The molecule has 198 valence electrons. The predicted octanol–water partition coefficient (Wildman–Crippen LogP) is 3.82. The summed E-state index contributed by atoms with van der Waals surface area (Å²) in [6.07, 6.45) is 2.37. The lowest BCUT2D eigenvalue weighted by Crippen LogP contribution is -2.41. The third kappa shape index (κ3) is 6.05. The van der Waals surface area contributed by atoms with E-state index in [2.05, 4.69) is 15.4 Å². The fourth-order valence-corrected chi connectivity index (χ4v) is 3.93. The number of methoxy groups -OCH3 is 1. The lowest BCUT2D eigenvalue weighted by Gasteiger charge is -2.24. The zero-order valence-corrected chi connectivity index (χ0v) is 22.3. The van der Waals surface area contributed by atoms with E-state index in [1.807, 2.05) is 6.07 Å². The Morgan fingerprint density at radius 3 is 2.62 bits per heavy atom. The van der Waals surface area contributed by atoms with Crippen LogP contribution in [0.3, 0.4) is 0 Å². The smallest absolute Gasteiger partial charge is 0.414 e. The van der Waals surface area contributed by atoms with Crippen molar-refractivity contribution in [3.63, 3.8) is 0 Å². The van der Waals surface area contributed by atoms with Crippen LogP contribution in [0.1, 0.15) is 49.7 Å². The molecule has 1 aromatic carbocycles. The van der Waals surface area contributed by atoms with E-state index >= 15 is 0 Å². The number of nitrogens with two attached hydrogens (primary N) is 1. The topological polar surface area (TPSA) is 133 Å². The Kier molecular flexibility index (Phi) is 7.20. The van der Waals surface area contributed by atoms with Gasteiger partial charge in [0.15, 0.2) is 16.5 Å². The number of anilines is 2. The highest BCUT2D eigenvalue weighted by molar-refractivity contribution is 6.29. The highest BCUT2D eigenvalue weighted by Gasteiger charge is 2.45. The van der Waals surface area contributed by atoms with Crippen molar-refractivity contribution in [1.82, 2.24) is 19.9 Å². The quantitative estimate of drug-likeness (QED) is 0.420. The Morgan fingerprint density at radius 1 is 1.27 bits per heavy atom. The van der Waals surface area contributed by atoms with Gasteiger partial charge < -0.3 is 25.3 Å². The minimum Gasteiger partial charge on any atom is -0.495 e. The van der Waals surface area contributed by atoms with Crippen molar-refractivity contribution in [2.24, 2.45) is 0 Å². The molecule has 0 aliphatic heterocycles. The number of imidazole rings is 1. The van der Waals surface area contributed by atoms with Gasteiger partial charge in [-0.2, -0.15) is 5.10 Å². The molecule has 1 aliphatic rings. The molecule has 0 saturated heterocycles. The van der Waals surface area contributed by atoms with Crippen molar-refractivity contribution in [2.45, 2.75) is 51.4 Å². The Bertz CT molecular complexity index is 1330. The minimum absolute atomic E-state index is 0.0909. The van der Waals surface area contributed by atoms with Gasteiger partial charge in [-0.05, 0) is 51.3 Å². The summed E-state index contributed by atoms with van der Waals surface area (Å²) in [4.78, 5) is 31.4. The lowest BCUT2D eigenvalue weighted by molar-refractivity contribution is 0.0589. The van der Waals surface area contributed by atoms with Gasteiger partial charge in [-0.1, -0.05) is 17.7 Å². The highest BCUT2D eigenvalue weighted by Crippen LogP contribution is 2.36. The van der Waals surface area contributed by atoms with Crippen LogP contribution in [0.2, 0.25) is 5.15 Å². The number of benzene rings is 1. The van der Waals surface area contributed by atoms with Crippen LogP contribution in [-0.4, -0.2) is 58.5 Å². The van der Waals surface area contributed by atoms with Crippen molar-refractivity contribution in [3.05, 3.63) is 46.9 Å². The van der Waals surface area contributed by atoms with Crippen LogP contribution in [0, 0.1) is 0 Å². The van der Waals surface area contributed by atoms with Crippen molar-refractivity contribution < 1.29 is 23.8 Å². The van der Waals surface area contributed by atoms with Crippen LogP contribution in [-0.2, 0) is 16.1 Å². The SMILES string of the molecule is COc1ccc(COCC2(NC(=O)c3cnc4c(N(C)C(=O)OC(C)(C)C)cc(Cl)nn34)CC2)cc1N. The molecule has 3 N–H and O–H groups in total. The summed E-state index contributed by atoms with van der Waals surface area (Å²) < 4.78 is 17.8. The first kappa shape index (κ1) is 26.5. The third-order valence-corrected chi connectivity index (χ3v) is 6.04. The van der Waals surface area contributed by atoms with Gasteiger partial charge in [0.1, 0.15) is 11.4 Å². The fourth-order valence-electron chi connectivity index (χ4n) is 3.75. The summed E-state index contributed by atoms with van der Waals surface area (Å²) in [6.45, 7) is 6.00. The van der Waals surface area contributed by atoms with Crippen LogP contribution >= 0.6 is 11.6 Å². The summed E-state index contributed by atoms with van der Waals surface area (Å²) in [5, 5.41) is 7.37. The van der Waals surface area contributed by atoms with E-state index in [4.69, 9.17) is 31.5 Å². The highest BCUT2D eigenvalue weighted by atomic mass is 35.5. The number of aromatic nitrogens is 3. The second-order valence-electron chi connectivity index (χ2n) is 10.1. The second kappa shape index (κ2) is 10.1. The Morgan fingerprint density at radius 2 is 2.00 bits per heavy atom. The summed E-state index contributed by atoms with van der Waals surface area (Å²) in [7, 11) is 3.11. The molecule has 0 bridgehead atoms. The monoisotopic (exact) mass is 530 g/mol. The van der Waals surface area contributed by atoms with Crippen molar-refractivity contribution in [1.29, 1.82) is 0 Å². The van der Waals surface area contributed by atoms with Gasteiger partial charge in [-0.15, -0.1) is 0 Å². The van der Waals surface area contributed by atoms with E-state index in [0.29, 0.717) is 36.0 Å². The average Bonchev–Trinajstić information content (AvgIpc) is 3.43. The number of hydrogen-bond acceptors (Lipinski definition) is 8. The number of hydrogen-bond donors (Lipinski definition) is 2. The molecule has 2 aromatic heterocycles. The Labute approximate surface area is 219 Å². The van der Waals surface area contributed by atoms with Crippen LogP contribution < -0.4 is 20.7 Å². The van der Waals surface area contributed by atoms with Crippen molar-refractivity contribution >= 4 is 40.6 Å². The van der Waals surface area contributed by atoms with Gasteiger partial charge in [0.25, 0.3) is 5.91 Å². The summed E-state index contributed by atoms with van der Waals surface area (Å²) in [5.41, 5.74) is 7.08. The zero-order chi connectivity index (χ0) is 27.0. The molecule has 3 aromatic rings. The minimum atomic E-state index is -0.681. The molecule has 0 spiro atoms. The van der Waals surface area contributed by atoms with Gasteiger partial charge in [-0.3, -0.25) is 9.69 Å². The summed E-state index contributed by atoms with van der Waals surface area (Å²) in [6, 6.07) is 6.97. The van der Waals surface area contributed by atoms with Crippen LogP contribution in [0.15, 0.2) is 30.5 Å². The van der Waals surface area contributed by atoms with E-state index in [-0.39, 0.29) is 16.8 Å². The Hall–Kier alpha value is -3.57. The number of nitrogen functional groups attached to an aromatic ring is 1. The molecule has 37 heavy (non-hydrogen) atoms. The standard InChI is InChI=1S/C25H31ClN6O5/c1-24(2,3)37-23(34)31(4)17-11-20(26)30-32-18(12-28-21(17)32)22(33)29-25(8-9-25)14-36-13-15-6-7-19(35-5)16(27)10-15/h6-7,10-12H,8-9,13-14,27H2,1-5H3,(H,29,33). The predicted molar refractivity (Wildman–Crippen MR) is 139 cm³/mol. The molecular weight excluding hydrogens is 500 g/mol. The second-order valence-corrected chi connectivity index (χ2v) is 10.5. The molecule has 0 radical (unpaired) electrons. The zero-order valence-electron chi connectivity index (χ0n) is 21.5. The maximum absolute atomic E-state index is 13.2. The average molecular weight is 531 g/mol. The van der Waals surface area contributed by atoms with Gasteiger partial charge in [-0.25, -0.2) is 14.3 Å². The lowest BCUT2D eigenvalue weighted by atomic mass is 10.2. The number of nitrogens with one attached hydrogen (secondary N) is 1. The Balaban J connectivity index is 1.45.